The van der Waals surface area contributed by atoms with E-state index in [4.69, 9.17) is 5.73 Å². The fraction of sp³-hybridized carbons (Fsp3) is 0.0909. The first-order valence-electron chi connectivity index (χ1n) is 4.74. The van der Waals surface area contributed by atoms with Crippen LogP contribution in [-0.4, -0.2) is 15.8 Å². The third-order valence-corrected chi connectivity index (χ3v) is 2.23. The lowest BCUT2D eigenvalue weighted by atomic mass is 10.1. The second-order valence-corrected chi connectivity index (χ2v) is 3.38. The molecule has 1 amide bonds. The Kier molecular flexibility index (Phi) is 2.68. The molecule has 2 N–H and O–H groups in total. The van der Waals surface area contributed by atoms with Crippen LogP contribution in [0.3, 0.4) is 0 Å². The van der Waals surface area contributed by atoms with E-state index in [9.17, 15) is 9.18 Å². The van der Waals surface area contributed by atoms with Gasteiger partial charge < -0.3 is 5.73 Å². The van der Waals surface area contributed by atoms with E-state index in [1.165, 1.54) is 18.3 Å². The fourth-order valence-corrected chi connectivity index (χ4v) is 1.47. The lowest BCUT2D eigenvalue weighted by molar-refractivity contribution is 0.247. The maximum Gasteiger partial charge on any atom is 0.339 e. The second kappa shape index (κ2) is 4.14. The summed E-state index contributed by atoms with van der Waals surface area (Å²) in [4.78, 5) is 11.0. The molecule has 0 fully saturated rings. The fourth-order valence-electron chi connectivity index (χ4n) is 1.47. The molecule has 0 unspecified atom stereocenters. The number of primary amides is 1. The highest BCUT2D eigenvalue weighted by Gasteiger charge is 2.07. The van der Waals surface area contributed by atoms with Crippen LogP contribution in [0.2, 0.25) is 0 Å². The molecule has 0 radical (unpaired) electrons. The average molecular weight is 219 g/mol. The van der Waals surface area contributed by atoms with Crippen LogP contribution in [0.15, 0.2) is 36.5 Å². The number of carbonyl (C=O) groups is 1. The molecule has 1 aromatic heterocycles. The Labute approximate surface area is 91.5 Å². The van der Waals surface area contributed by atoms with E-state index in [-0.39, 0.29) is 5.82 Å². The van der Waals surface area contributed by atoms with Gasteiger partial charge in [-0.1, -0.05) is 12.1 Å². The minimum atomic E-state index is -0.623. The van der Waals surface area contributed by atoms with Crippen molar-refractivity contribution in [1.82, 2.24) is 9.78 Å². The third kappa shape index (κ3) is 2.08. The molecule has 0 saturated heterocycles. The van der Waals surface area contributed by atoms with Crippen LogP contribution < -0.4 is 5.73 Å². The van der Waals surface area contributed by atoms with Crippen LogP contribution in [0.4, 0.5) is 9.18 Å². The SMILES string of the molecule is NC(=O)n1nccc1Cc1ccc(F)cc1. The molecule has 0 saturated carbocycles. The molecule has 0 aliphatic rings. The van der Waals surface area contributed by atoms with Crippen molar-refractivity contribution in [2.24, 2.45) is 5.73 Å². The first kappa shape index (κ1) is 10.4. The van der Waals surface area contributed by atoms with Crippen LogP contribution in [0.1, 0.15) is 11.3 Å². The quantitative estimate of drug-likeness (QED) is 0.832. The molecule has 0 aliphatic carbocycles. The van der Waals surface area contributed by atoms with Crippen LogP contribution >= 0.6 is 0 Å². The average Bonchev–Trinajstić information content (AvgIpc) is 2.69. The van der Waals surface area contributed by atoms with Gasteiger partial charge in [-0.25, -0.2) is 9.18 Å². The number of hydrogen-bond donors (Lipinski definition) is 1. The van der Waals surface area contributed by atoms with Crippen LogP contribution in [0.5, 0.6) is 0 Å². The Balaban J connectivity index is 2.23. The van der Waals surface area contributed by atoms with Crippen LogP contribution in [0, 0.1) is 5.82 Å². The molecule has 0 spiro atoms. The Bertz CT molecular complexity index is 504. The van der Waals surface area contributed by atoms with Crippen LogP contribution in [-0.2, 0) is 6.42 Å². The smallest absolute Gasteiger partial charge is 0.339 e. The Morgan fingerprint density at radius 2 is 2.00 bits per heavy atom. The molecule has 5 heteroatoms. The predicted molar refractivity (Wildman–Crippen MR) is 56.4 cm³/mol. The summed E-state index contributed by atoms with van der Waals surface area (Å²) in [5.74, 6) is -0.285. The summed E-state index contributed by atoms with van der Waals surface area (Å²) in [5.41, 5.74) is 6.71. The topological polar surface area (TPSA) is 60.9 Å². The Morgan fingerprint density at radius 3 is 2.62 bits per heavy atom. The van der Waals surface area contributed by atoms with E-state index < -0.39 is 6.03 Å². The standard InChI is InChI=1S/C11H10FN3O/c12-9-3-1-8(2-4-9)7-10-5-6-14-15(10)11(13)16/h1-6H,7H2,(H2,13,16). The van der Waals surface area contributed by atoms with E-state index in [0.717, 1.165) is 10.2 Å². The minimum absolute atomic E-state index is 0.285. The van der Waals surface area contributed by atoms with Gasteiger partial charge in [-0.05, 0) is 23.8 Å². The lowest BCUT2D eigenvalue weighted by Gasteiger charge is -2.03. The number of rotatable bonds is 2. The van der Waals surface area contributed by atoms with Crippen LogP contribution in [0.25, 0.3) is 0 Å². The number of carbonyl (C=O) groups excluding carboxylic acids is 1. The number of nitrogens with zero attached hydrogens (tertiary/aromatic N) is 2. The summed E-state index contributed by atoms with van der Waals surface area (Å²) >= 11 is 0. The summed E-state index contributed by atoms with van der Waals surface area (Å²) < 4.78 is 13.8. The molecule has 0 aliphatic heterocycles. The Morgan fingerprint density at radius 1 is 1.31 bits per heavy atom. The first-order valence-corrected chi connectivity index (χ1v) is 4.74. The van der Waals surface area contributed by atoms with Crippen molar-refractivity contribution in [2.75, 3.05) is 0 Å². The Hall–Kier alpha value is -2.17. The molecule has 0 atom stereocenters. The van der Waals surface area contributed by atoms with Gasteiger partial charge in [-0.15, -0.1) is 0 Å². The van der Waals surface area contributed by atoms with Crippen molar-refractivity contribution in [1.29, 1.82) is 0 Å². The normalized spacial score (nSPS) is 10.3. The summed E-state index contributed by atoms with van der Waals surface area (Å²) in [7, 11) is 0. The van der Waals surface area contributed by atoms with Gasteiger partial charge in [0, 0.05) is 12.6 Å². The van der Waals surface area contributed by atoms with Gasteiger partial charge in [-0.2, -0.15) is 9.78 Å². The van der Waals surface area contributed by atoms with Crippen molar-refractivity contribution in [2.45, 2.75) is 6.42 Å². The number of nitrogens with two attached hydrogens (primary N) is 1. The molecular formula is C11H10FN3O. The molecule has 2 rings (SSSR count). The predicted octanol–water partition coefficient (Wildman–Crippen LogP) is 1.54. The number of benzene rings is 1. The third-order valence-electron chi connectivity index (χ3n) is 2.23. The van der Waals surface area contributed by atoms with Gasteiger partial charge in [0.05, 0.1) is 5.69 Å². The summed E-state index contributed by atoms with van der Waals surface area (Å²) in [6.07, 6.45) is 1.99. The zero-order chi connectivity index (χ0) is 11.5. The highest BCUT2D eigenvalue weighted by atomic mass is 19.1. The molecule has 1 heterocycles. The van der Waals surface area contributed by atoms with Gasteiger partial charge in [0.25, 0.3) is 0 Å². The summed E-state index contributed by atoms with van der Waals surface area (Å²) in [6, 6.07) is 7.15. The largest absolute Gasteiger partial charge is 0.350 e. The van der Waals surface area contributed by atoms with Crippen molar-refractivity contribution in [3.05, 3.63) is 53.6 Å². The number of halogens is 1. The zero-order valence-corrected chi connectivity index (χ0v) is 8.43. The van der Waals surface area contributed by atoms with E-state index >= 15 is 0 Å². The van der Waals surface area contributed by atoms with Crippen molar-refractivity contribution in [3.8, 4) is 0 Å². The second-order valence-electron chi connectivity index (χ2n) is 3.38. The van der Waals surface area contributed by atoms with Gasteiger partial charge in [-0.3, -0.25) is 0 Å². The maximum absolute atomic E-state index is 12.7. The van der Waals surface area contributed by atoms with Gasteiger partial charge in [0.1, 0.15) is 5.82 Å². The summed E-state index contributed by atoms with van der Waals surface area (Å²) in [6.45, 7) is 0. The van der Waals surface area contributed by atoms with Crippen molar-refractivity contribution < 1.29 is 9.18 Å². The number of amides is 1. The lowest BCUT2D eigenvalue weighted by Crippen LogP contribution is -2.22. The maximum atomic E-state index is 12.7. The zero-order valence-electron chi connectivity index (χ0n) is 8.43. The number of hydrogen-bond acceptors (Lipinski definition) is 2. The monoisotopic (exact) mass is 219 g/mol. The van der Waals surface area contributed by atoms with Gasteiger partial charge in [0.2, 0.25) is 0 Å². The van der Waals surface area contributed by atoms with Gasteiger partial charge in [0.15, 0.2) is 0 Å². The highest BCUT2D eigenvalue weighted by Crippen LogP contribution is 2.09. The van der Waals surface area contributed by atoms with E-state index in [2.05, 4.69) is 5.10 Å². The highest BCUT2D eigenvalue weighted by molar-refractivity contribution is 5.74. The minimum Gasteiger partial charge on any atom is -0.350 e. The van der Waals surface area contributed by atoms with Crippen molar-refractivity contribution >= 4 is 6.03 Å². The molecule has 1 aromatic carbocycles. The van der Waals surface area contributed by atoms with E-state index in [1.54, 1.807) is 18.2 Å². The van der Waals surface area contributed by atoms with Gasteiger partial charge >= 0.3 is 6.03 Å². The van der Waals surface area contributed by atoms with Crippen molar-refractivity contribution in [3.63, 3.8) is 0 Å². The molecule has 4 nitrogen and oxygen atoms in total. The molecular weight excluding hydrogens is 209 g/mol. The molecule has 82 valence electrons. The summed E-state index contributed by atoms with van der Waals surface area (Å²) in [5, 5.41) is 3.80. The molecule has 2 aromatic rings. The molecule has 0 bridgehead atoms. The van der Waals surface area contributed by atoms with E-state index in [0.29, 0.717) is 12.1 Å². The molecule has 16 heavy (non-hydrogen) atoms. The van der Waals surface area contributed by atoms with E-state index in [1.807, 2.05) is 0 Å². The first-order chi connectivity index (χ1) is 7.66. The number of aromatic nitrogens is 2.